The van der Waals surface area contributed by atoms with Crippen molar-refractivity contribution in [3.63, 3.8) is 0 Å². The topological polar surface area (TPSA) is 32.3 Å². The standard InChI is InChI=1S/C14H17FN2O/c15-13-3-1-2-11-12(13)9-17(14(11)18)8-10-4-6-16-7-5-10/h1-3,10,16H,4-9H2. The van der Waals surface area contributed by atoms with Crippen LogP contribution in [0.15, 0.2) is 18.2 Å². The molecule has 1 saturated heterocycles. The van der Waals surface area contributed by atoms with Crippen LogP contribution in [0.25, 0.3) is 0 Å². The molecule has 2 heterocycles. The fourth-order valence-electron chi connectivity index (χ4n) is 2.88. The molecule has 1 fully saturated rings. The van der Waals surface area contributed by atoms with Crippen molar-refractivity contribution in [2.45, 2.75) is 19.4 Å². The van der Waals surface area contributed by atoms with Crippen molar-refractivity contribution in [3.05, 3.63) is 35.1 Å². The molecule has 0 atom stereocenters. The number of carbonyl (C=O) groups excluding carboxylic acids is 1. The number of hydrogen-bond acceptors (Lipinski definition) is 2. The summed E-state index contributed by atoms with van der Waals surface area (Å²) in [5.74, 6) is 0.282. The average molecular weight is 248 g/mol. The Morgan fingerprint density at radius 2 is 2.11 bits per heavy atom. The number of carbonyl (C=O) groups is 1. The molecule has 0 radical (unpaired) electrons. The van der Waals surface area contributed by atoms with E-state index >= 15 is 0 Å². The Labute approximate surface area is 106 Å². The maximum absolute atomic E-state index is 13.6. The number of nitrogens with one attached hydrogen (secondary N) is 1. The van der Waals surface area contributed by atoms with E-state index < -0.39 is 0 Å². The van der Waals surface area contributed by atoms with Crippen LogP contribution >= 0.6 is 0 Å². The predicted molar refractivity (Wildman–Crippen MR) is 66.7 cm³/mol. The molecular formula is C14H17FN2O. The van der Waals surface area contributed by atoms with E-state index in [1.165, 1.54) is 6.07 Å². The minimum absolute atomic E-state index is 0.0111. The summed E-state index contributed by atoms with van der Waals surface area (Å²) < 4.78 is 13.6. The van der Waals surface area contributed by atoms with Crippen LogP contribution in [0.4, 0.5) is 4.39 Å². The number of halogens is 1. The summed E-state index contributed by atoms with van der Waals surface area (Å²) in [6.07, 6.45) is 2.20. The van der Waals surface area contributed by atoms with Crippen LogP contribution in [-0.4, -0.2) is 30.4 Å². The summed E-state index contributed by atoms with van der Waals surface area (Å²) in [6, 6.07) is 4.77. The van der Waals surface area contributed by atoms with E-state index in [9.17, 15) is 9.18 Å². The van der Waals surface area contributed by atoms with Gasteiger partial charge in [-0.1, -0.05) is 6.07 Å². The van der Waals surface area contributed by atoms with Gasteiger partial charge in [0.05, 0.1) is 0 Å². The van der Waals surface area contributed by atoms with Crippen LogP contribution in [0.5, 0.6) is 0 Å². The zero-order valence-corrected chi connectivity index (χ0v) is 10.3. The van der Waals surface area contributed by atoms with Gasteiger partial charge in [0.2, 0.25) is 0 Å². The van der Waals surface area contributed by atoms with Crippen molar-refractivity contribution < 1.29 is 9.18 Å². The molecule has 2 aliphatic heterocycles. The van der Waals surface area contributed by atoms with Crippen molar-refractivity contribution in [3.8, 4) is 0 Å². The lowest BCUT2D eigenvalue weighted by Crippen LogP contribution is -2.36. The molecular weight excluding hydrogens is 231 g/mol. The fourth-order valence-corrected chi connectivity index (χ4v) is 2.88. The minimum Gasteiger partial charge on any atom is -0.334 e. The SMILES string of the molecule is O=C1c2cccc(F)c2CN1CC1CCNCC1. The number of fused-ring (bicyclic) bond motifs is 1. The molecule has 0 spiro atoms. The largest absolute Gasteiger partial charge is 0.334 e. The summed E-state index contributed by atoms with van der Waals surface area (Å²) >= 11 is 0. The molecule has 1 aromatic rings. The van der Waals surface area contributed by atoms with E-state index in [1.807, 2.05) is 0 Å². The normalized spacial score (nSPS) is 20.3. The lowest BCUT2D eigenvalue weighted by molar-refractivity contribution is 0.0740. The van der Waals surface area contributed by atoms with E-state index in [0.29, 0.717) is 23.6 Å². The Morgan fingerprint density at radius 1 is 1.33 bits per heavy atom. The van der Waals surface area contributed by atoms with E-state index in [4.69, 9.17) is 0 Å². The van der Waals surface area contributed by atoms with Gasteiger partial charge in [0, 0.05) is 24.2 Å². The lowest BCUT2D eigenvalue weighted by Gasteiger charge is -2.27. The third-order valence-corrected chi connectivity index (χ3v) is 3.92. The highest BCUT2D eigenvalue weighted by Crippen LogP contribution is 2.27. The number of nitrogens with zero attached hydrogens (tertiary/aromatic N) is 1. The van der Waals surface area contributed by atoms with Gasteiger partial charge < -0.3 is 10.2 Å². The van der Waals surface area contributed by atoms with Crippen LogP contribution in [0, 0.1) is 11.7 Å². The van der Waals surface area contributed by atoms with Gasteiger partial charge in [0.25, 0.3) is 5.91 Å². The molecule has 4 heteroatoms. The monoisotopic (exact) mass is 248 g/mol. The van der Waals surface area contributed by atoms with Gasteiger partial charge in [-0.05, 0) is 44.0 Å². The molecule has 1 aromatic carbocycles. The first kappa shape index (κ1) is 11.7. The highest BCUT2D eigenvalue weighted by molar-refractivity contribution is 5.98. The van der Waals surface area contributed by atoms with Crippen molar-refractivity contribution in [1.82, 2.24) is 10.2 Å². The summed E-state index contributed by atoms with van der Waals surface area (Å²) in [7, 11) is 0. The Morgan fingerprint density at radius 3 is 2.83 bits per heavy atom. The molecule has 3 nitrogen and oxygen atoms in total. The minimum atomic E-state index is -0.256. The lowest BCUT2D eigenvalue weighted by atomic mass is 9.98. The van der Waals surface area contributed by atoms with Gasteiger partial charge in [-0.15, -0.1) is 0 Å². The molecule has 18 heavy (non-hydrogen) atoms. The average Bonchev–Trinajstić information content (AvgIpc) is 2.70. The second kappa shape index (κ2) is 4.69. The van der Waals surface area contributed by atoms with E-state index in [-0.39, 0.29) is 11.7 Å². The maximum atomic E-state index is 13.6. The van der Waals surface area contributed by atoms with Crippen LogP contribution in [0.2, 0.25) is 0 Å². The van der Waals surface area contributed by atoms with Crippen molar-refractivity contribution in [2.75, 3.05) is 19.6 Å². The number of benzene rings is 1. The fraction of sp³-hybridized carbons (Fsp3) is 0.500. The summed E-state index contributed by atoms with van der Waals surface area (Å²) in [4.78, 5) is 14.0. The van der Waals surface area contributed by atoms with E-state index in [1.54, 1.807) is 17.0 Å². The van der Waals surface area contributed by atoms with Crippen LogP contribution < -0.4 is 5.32 Å². The zero-order valence-electron chi connectivity index (χ0n) is 10.3. The third-order valence-electron chi connectivity index (χ3n) is 3.92. The summed E-state index contributed by atoms with van der Waals surface area (Å²) in [6.45, 7) is 3.24. The maximum Gasteiger partial charge on any atom is 0.254 e. The molecule has 0 aliphatic carbocycles. The Kier molecular flexibility index (Phi) is 3.04. The number of amides is 1. The van der Waals surface area contributed by atoms with Crippen molar-refractivity contribution >= 4 is 5.91 Å². The van der Waals surface area contributed by atoms with Gasteiger partial charge in [0.15, 0.2) is 0 Å². The second-order valence-electron chi connectivity index (χ2n) is 5.15. The second-order valence-corrected chi connectivity index (χ2v) is 5.15. The Bertz CT molecular complexity index is 469. The van der Waals surface area contributed by atoms with Crippen molar-refractivity contribution in [2.24, 2.45) is 5.92 Å². The number of rotatable bonds is 2. The predicted octanol–water partition coefficient (Wildman–Crippen LogP) is 1.78. The quantitative estimate of drug-likeness (QED) is 0.865. The molecule has 3 rings (SSSR count). The molecule has 1 amide bonds. The molecule has 2 aliphatic rings. The Hall–Kier alpha value is -1.42. The van der Waals surface area contributed by atoms with Crippen LogP contribution in [0.3, 0.4) is 0 Å². The van der Waals surface area contributed by atoms with E-state index in [0.717, 1.165) is 32.5 Å². The molecule has 96 valence electrons. The summed E-state index contributed by atoms with van der Waals surface area (Å²) in [5, 5.41) is 3.31. The Balaban J connectivity index is 1.73. The molecule has 0 aromatic heterocycles. The summed E-state index contributed by atoms with van der Waals surface area (Å²) in [5.41, 5.74) is 1.11. The number of piperidine rings is 1. The van der Waals surface area contributed by atoms with E-state index in [2.05, 4.69) is 5.32 Å². The zero-order chi connectivity index (χ0) is 12.5. The molecule has 0 saturated carbocycles. The molecule has 0 bridgehead atoms. The number of hydrogen-bond donors (Lipinski definition) is 1. The molecule has 0 unspecified atom stereocenters. The smallest absolute Gasteiger partial charge is 0.254 e. The molecule has 1 N–H and O–H groups in total. The first-order valence-corrected chi connectivity index (χ1v) is 6.53. The van der Waals surface area contributed by atoms with Crippen LogP contribution in [-0.2, 0) is 6.54 Å². The van der Waals surface area contributed by atoms with Gasteiger partial charge in [-0.2, -0.15) is 0 Å². The van der Waals surface area contributed by atoms with Crippen molar-refractivity contribution in [1.29, 1.82) is 0 Å². The highest BCUT2D eigenvalue weighted by atomic mass is 19.1. The van der Waals surface area contributed by atoms with Gasteiger partial charge in [-0.25, -0.2) is 4.39 Å². The third kappa shape index (κ3) is 2.01. The van der Waals surface area contributed by atoms with Gasteiger partial charge in [-0.3, -0.25) is 4.79 Å². The van der Waals surface area contributed by atoms with Gasteiger partial charge in [0.1, 0.15) is 5.82 Å². The highest BCUT2D eigenvalue weighted by Gasteiger charge is 2.31. The first-order chi connectivity index (χ1) is 8.75. The van der Waals surface area contributed by atoms with Gasteiger partial charge >= 0.3 is 0 Å². The first-order valence-electron chi connectivity index (χ1n) is 6.53. The van der Waals surface area contributed by atoms with Crippen LogP contribution in [0.1, 0.15) is 28.8 Å².